The first-order valence-electron chi connectivity index (χ1n) is 4.96. The molecule has 0 aromatic carbocycles. The number of hydrogen-bond acceptors (Lipinski definition) is 7. The van der Waals surface area contributed by atoms with Gasteiger partial charge in [-0.3, -0.25) is 0 Å². The predicted molar refractivity (Wildman–Crippen MR) is 61.6 cm³/mol. The zero-order chi connectivity index (χ0) is 13.2. The summed E-state index contributed by atoms with van der Waals surface area (Å²) >= 11 is 0. The minimum atomic E-state index is -3.69. The molecule has 10 heteroatoms. The van der Waals surface area contributed by atoms with Crippen molar-refractivity contribution in [1.29, 1.82) is 0 Å². The van der Waals surface area contributed by atoms with Gasteiger partial charge >= 0.3 is 0 Å². The zero-order valence-corrected chi connectivity index (χ0v) is 10.2. The van der Waals surface area contributed by atoms with Gasteiger partial charge in [0.2, 0.25) is 10.0 Å². The molecule has 9 nitrogen and oxygen atoms in total. The molecule has 0 spiro atoms. The van der Waals surface area contributed by atoms with Crippen LogP contribution in [0.4, 0.5) is 5.82 Å². The van der Waals surface area contributed by atoms with Crippen LogP contribution in [0.25, 0.3) is 0 Å². The fourth-order valence-corrected chi connectivity index (χ4v) is 2.40. The minimum absolute atomic E-state index is 0.0204. The summed E-state index contributed by atoms with van der Waals surface area (Å²) in [6, 6.07) is 2.17. The van der Waals surface area contributed by atoms with Crippen LogP contribution in [0, 0.1) is 0 Å². The molecule has 2 aromatic heterocycles. The Bertz CT molecular complexity index is 607. The van der Waals surface area contributed by atoms with Crippen molar-refractivity contribution >= 4 is 15.8 Å². The molecule has 0 aliphatic heterocycles. The molecule has 0 saturated heterocycles. The van der Waals surface area contributed by atoms with Crippen molar-refractivity contribution in [2.24, 2.45) is 0 Å². The number of nitrogen functional groups attached to an aromatic ring is 1. The monoisotopic (exact) mass is 269 g/mol. The molecule has 18 heavy (non-hydrogen) atoms. The van der Waals surface area contributed by atoms with E-state index in [9.17, 15) is 8.42 Å². The van der Waals surface area contributed by atoms with E-state index in [4.69, 9.17) is 5.73 Å². The lowest BCUT2D eigenvalue weighted by Gasteiger charge is -2.10. The summed E-state index contributed by atoms with van der Waals surface area (Å²) in [5, 5.41) is 13.0. The van der Waals surface area contributed by atoms with E-state index in [1.807, 2.05) is 0 Å². The van der Waals surface area contributed by atoms with E-state index in [0.717, 1.165) is 0 Å². The number of pyridine rings is 1. The Labute approximate surface area is 103 Å². The average Bonchev–Trinajstić information content (AvgIpc) is 2.82. The third-order valence-corrected chi connectivity index (χ3v) is 3.68. The Hall–Kier alpha value is -2.07. The van der Waals surface area contributed by atoms with E-state index in [2.05, 4.69) is 30.3 Å². The normalized spacial score (nSPS) is 13.4. The first kappa shape index (κ1) is 12.4. The van der Waals surface area contributed by atoms with Crippen molar-refractivity contribution in [3.05, 3.63) is 24.2 Å². The number of nitrogens with zero attached hydrogens (tertiary/aromatic N) is 4. The second-order valence-electron chi connectivity index (χ2n) is 3.53. The van der Waals surface area contributed by atoms with Crippen LogP contribution in [0.3, 0.4) is 0 Å². The van der Waals surface area contributed by atoms with Crippen LogP contribution in [0.5, 0.6) is 0 Å². The highest BCUT2D eigenvalue weighted by Crippen LogP contribution is 2.13. The second kappa shape index (κ2) is 4.66. The highest BCUT2D eigenvalue weighted by Gasteiger charge is 2.20. The average molecular weight is 269 g/mol. The van der Waals surface area contributed by atoms with Crippen molar-refractivity contribution in [1.82, 2.24) is 30.3 Å². The lowest BCUT2D eigenvalue weighted by atomic mass is 10.4. The molecule has 2 rings (SSSR count). The first-order chi connectivity index (χ1) is 8.49. The Morgan fingerprint density at radius 1 is 1.44 bits per heavy atom. The van der Waals surface area contributed by atoms with Crippen LogP contribution in [0.15, 0.2) is 23.2 Å². The van der Waals surface area contributed by atoms with Gasteiger partial charge in [-0.2, -0.15) is 5.21 Å². The largest absolute Gasteiger partial charge is 0.384 e. The number of rotatable bonds is 4. The predicted octanol–water partition coefficient (Wildman–Crippen LogP) is -0.784. The summed E-state index contributed by atoms with van der Waals surface area (Å²) in [6.45, 7) is 1.60. The summed E-state index contributed by atoms with van der Waals surface area (Å²) < 4.78 is 26.3. The number of aromatic nitrogens is 5. The zero-order valence-electron chi connectivity index (χ0n) is 9.40. The van der Waals surface area contributed by atoms with Crippen molar-refractivity contribution in [3.63, 3.8) is 0 Å². The van der Waals surface area contributed by atoms with Gasteiger partial charge in [0.25, 0.3) is 0 Å². The molecule has 0 amide bonds. The van der Waals surface area contributed by atoms with E-state index in [1.165, 1.54) is 18.3 Å². The second-order valence-corrected chi connectivity index (χ2v) is 5.25. The number of hydrogen-bond donors (Lipinski definition) is 3. The van der Waals surface area contributed by atoms with Crippen LogP contribution < -0.4 is 10.5 Å². The summed E-state index contributed by atoms with van der Waals surface area (Å²) in [7, 11) is -3.69. The van der Waals surface area contributed by atoms with E-state index in [0.29, 0.717) is 0 Å². The number of tetrazole rings is 1. The van der Waals surface area contributed by atoms with Gasteiger partial charge in [-0.1, -0.05) is 5.21 Å². The van der Waals surface area contributed by atoms with Gasteiger partial charge in [-0.05, 0) is 19.1 Å². The molecule has 96 valence electrons. The summed E-state index contributed by atoms with van der Waals surface area (Å²) in [5.74, 6) is 0.502. The topological polar surface area (TPSA) is 140 Å². The highest BCUT2D eigenvalue weighted by atomic mass is 32.2. The SMILES string of the molecule is CC(NS(=O)(=O)c1ccc(N)nc1)c1nn[nH]n1. The first-order valence-corrected chi connectivity index (χ1v) is 6.44. The number of aromatic amines is 1. The van der Waals surface area contributed by atoms with Gasteiger partial charge in [-0.15, -0.1) is 10.2 Å². The maximum absolute atomic E-state index is 12.0. The van der Waals surface area contributed by atoms with Crippen LogP contribution in [0.2, 0.25) is 0 Å². The molecule has 0 radical (unpaired) electrons. The van der Waals surface area contributed by atoms with Crippen LogP contribution >= 0.6 is 0 Å². The van der Waals surface area contributed by atoms with Crippen molar-refractivity contribution in [3.8, 4) is 0 Å². The number of H-pyrrole nitrogens is 1. The smallest absolute Gasteiger partial charge is 0.242 e. The Morgan fingerprint density at radius 3 is 2.78 bits per heavy atom. The van der Waals surface area contributed by atoms with Crippen LogP contribution in [-0.2, 0) is 10.0 Å². The molecule has 1 unspecified atom stereocenters. The van der Waals surface area contributed by atoms with Gasteiger partial charge in [0.15, 0.2) is 5.82 Å². The molecule has 2 aromatic rings. The van der Waals surface area contributed by atoms with Crippen LogP contribution in [0.1, 0.15) is 18.8 Å². The molecule has 0 aliphatic carbocycles. The van der Waals surface area contributed by atoms with Gasteiger partial charge in [-0.25, -0.2) is 18.1 Å². The van der Waals surface area contributed by atoms with Gasteiger partial charge < -0.3 is 5.73 Å². The van der Waals surface area contributed by atoms with E-state index in [1.54, 1.807) is 6.92 Å². The highest BCUT2D eigenvalue weighted by molar-refractivity contribution is 7.89. The molecule has 1 atom stereocenters. The van der Waals surface area contributed by atoms with E-state index in [-0.39, 0.29) is 16.5 Å². The van der Waals surface area contributed by atoms with Crippen molar-refractivity contribution in [2.75, 3.05) is 5.73 Å². The minimum Gasteiger partial charge on any atom is -0.384 e. The molecule has 0 saturated carbocycles. The van der Waals surface area contributed by atoms with Gasteiger partial charge in [0.1, 0.15) is 10.7 Å². The number of nitrogens with one attached hydrogen (secondary N) is 2. The maximum atomic E-state index is 12.0. The van der Waals surface area contributed by atoms with Gasteiger partial charge in [0, 0.05) is 6.20 Å². The summed E-state index contributed by atoms with van der Waals surface area (Å²) in [4.78, 5) is 3.74. The fraction of sp³-hybridized carbons (Fsp3) is 0.250. The number of sulfonamides is 1. The maximum Gasteiger partial charge on any atom is 0.242 e. The lowest BCUT2D eigenvalue weighted by molar-refractivity contribution is 0.559. The quantitative estimate of drug-likeness (QED) is 0.661. The molecular formula is C8H11N7O2S. The number of anilines is 1. The third-order valence-electron chi connectivity index (χ3n) is 2.15. The molecular weight excluding hydrogens is 258 g/mol. The Kier molecular flexibility index (Phi) is 3.21. The third kappa shape index (κ3) is 2.60. The lowest BCUT2D eigenvalue weighted by Crippen LogP contribution is -2.27. The van der Waals surface area contributed by atoms with E-state index >= 15 is 0 Å². The standard InChI is InChI=1S/C8H11N7O2S/c1-5(8-11-14-15-12-8)13-18(16,17)6-2-3-7(9)10-4-6/h2-5,13H,1H3,(H2,9,10)(H,11,12,14,15). The molecule has 4 N–H and O–H groups in total. The molecule has 2 heterocycles. The fourth-order valence-electron chi connectivity index (χ4n) is 1.26. The summed E-state index contributed by atoms with van der Waals surface area (Å²) in [5.41, 5.74) is 5.39. The van der Waals surface area contributed by atoms with Crippen LogP contribution in [-0.4, -0.2) is 34.0 Å². The Morgan fingerprint density at radius 2 is 2.22 bits per heavy atom. The van der Waals surface area contributed by atoms with Crippen molar-refractivity contribution in [2.45, 2.75) is 17.9 Å². The summed E-state index contributed by atoms with van der Waals surface area (Å²) in [6.07, 6.45) is 1.18. The number of nitrogens with two attached hydrogens (primary N) is 1. The molecule has 0 fully saturated rings. The molecule has 0 aliphatic rings. The van der Waals surface area contributed by atoms with Crippen molar-refractivity contribution < 1.29 is 8.42 Å². The van der Waals surface area contributed by atoms with Gasteiger partial charge in [0.05, 0.1) is 6.04 Å². The Balaban J connectivity index is 2.20. The van der Waals surface area contributed by atoms with E-state index < -0.39 is 16.1 Å². The molecule has 0 bridgehead atoms.